The number of nitrogens with zero attached hydrogens (tertiary/aromatic N) is 1. The molecule has 0 fully saturated rings. The normalized spacial score (nSPS) is 10.4. The Morgan fingerprint density at radius 3 is 2.92 bits per heavy atom. The summed E-state index contributed by atoms with van der Waals surface area (Å²) in [5, 5.41) is 10.5. The number of rotatable bonds is 0. The Bertz CT molecular complexity index is 428. The van der Waals surface area contributed by atoms with E-state index in [4.69, 9.17) is 0 Å². The van der Waals surface area contributed by atoms with Crippen LogP contribution in [0, 0.1) is 5.82 Å². The van der Waals surface area contributed by atoms with Crippen LogP contribution in [0.25, 0.3) is 10.8 Å². The molecule has 0 aliphatic rings. The predicted octanol–water partition coefficient (Wildman–Crippen LogP) is 2.08. The van der Waals surface area contributed by atoms with Crippen LogP contribution in [0.2, 0.25) is 0 Å². The van der Waals surface area contributed by atoms with E-state index in [-0.39, 0.29) is 5.75 Å². The minimum Gasteiger partial charge on any atom is -0.504 e. The van der Waals surface area contributed by atoms with E-state index in [1.54, 1.807) is 18.3 Å². The lowest BCUT2D eigenvalue weighted by Crippen LogP contribution is -1.80. The number of aromatic hydroxyl groups is 1. The van der Waals surface area contributed by atoms with Crippen molar-refractivity contribution in [1.29, 1.82) is 0 Å². The maximum absolute atomic E-state index is 12.8. The molecule has 0 bridgehead atoms. The number of halogens is 1. The number of hydrogen-bond donors (Lipinski definition) is 1. The lowest BCUT2D eigenvalue weighted by atomic mass is 10.1. The molecule has 60 valence electrons. The fraction of sp³-hybridized carbons (Fsp3) is 0. The third kappa shape index (κ3) is 0.906. The van der Waals surface area contributed by atoms with Crippen LogP contribution in [0.1, 0.15) is 0 Å². The zero-order valence-electron chi connectivity index (χ0n) is 6.16. The van der Waals surface area contributed by atoms with Crippen molar-refractivity contribution in [3.05, 3.63) is 36.4 Å². The Morgan fingerprint density at radius 1 is 1.25 bits per heavy atom. The number of aromatic nitrogens is 1. The second kappa shape index (κ2) is 2.44. The van der Waals surface area contributed by atoms with Crippen molar-refractivity contribution in [3.63, 3.8) is 0 Å². The summed E-state index contributed by atoms with van der Waals surface area (Å²) in [5.74, 6) is -0.948. The van der Waals surface area contributed by atoms with Gasteiger partial charge in [-0.05, 0) is 17.5 Å². The lowest BCUT2D eigenvalue weighted by molar-refractivity contribution is 0.438. The number of fused-ring (bicyclic) bond motifs is 1. The van der Waals surface area contributed by atoms with E-state index < -0.39 is 5.82 Å². The van der Waals surface area contributed by atoms with Crippen molar-refractivity contribution in [2.75, 3.05) is 0 Å². The van der Waals surface area contributed by atoms with Crippen LogP contribution < -0.4 is 0 Å². The molecule has 1 aromatic heterocycles. The molecule has 1 N–H and O–H groups in total. The molecule has 0 atom stereocenters. The third-order valence-electron chi connectivity index (χ3n) is 1.75. The second-order valence-electron chi connectivity index (χ2n) is 2.49. The third-order valence-corrected chi connectivity index (χ3v) is 1.75. The van der Waals surface area contributed by atoms with Crippen LogP contribution in [0.5, 0.6) is 5.75 Å². The Balaban J connectivity index is 2.91. The number of phenols is 1. The van der Waals surface area contributed by atoms with E-state index in [2.05, 4.69) is 4.98 Å². The molecule has 0 saturated carbocycles. The molecule has 3 heteroatoms. The van der Waals surface area contributed by atoms with E-state index in [1.807, 2.05) is 0 Å². The summed E-state index contributed by atoms with van der Waals surface area (Å²) in [6, 6.07) is 4.55. The first-order chi connectivity index (χ1) is 5.79. The van der Waals surface area contributed by atoms with E-state index in [0.29, 0.717) is 5.39 Å². The molecule has 2 rings (SSSR count). The number of hydrogen-bond acceptors (Lipinski definition) is 2. The predicted molar refractivity (Wildman–Crippen MR) is 43.4 cm³/mol. The first kappa shape index (κ1) is 7.03. The molecular weight excluding hydrogens is 157 g/mol. The summed E-state index contributed by atoms with van der Waals surface area (Å²) >= 11 is 0. The van der Waals surface area contributed by atoms with Gasteiger partial charge in [0, 0.05) is 17.8 Å². The average Bonchev–Trinajstić information content (AvgIpc) is 2.12. The minimum atomic E-state index is -0.615. The van der Waals surface area contributed by atoms with Gasteiger partial charge >= 0.3 is 0 Å². The van der Waals surface area contributed by atoms with Gasteiger partial charge in [-0.3, -0.25) is 4.98 Å². The number of phenolic OH excluding ortho intramolecular Hbond substituents is 1. The molecule has 0 saturated heterocycles. The highest BCUT2D eigenvalue weighted by Gasteiger charge is 2.04. The molecule has 12 heavy (non-hydrogen) atoms. The zero-order chi connectivity index (χ0) is 8.55. The molecule has 0 aliphatic carbocycles. The van der Waals surface area contributed by atoms with Gasteiger partial charge in [0.1, 0.15) is 0 Å². The van der Waals surface area contributed by atoms with Gasteiger partial charge in [-0.15, -0.1) is 0 Å². The highest BCUT2D eigenvalue weighted by atomic mass is 19.1. The number of benzene rings is 1. The van der Waals surface area contributed by atoms with Gasteiger partial charge in [0.15, 0.2) is 11.6 Å². The molecule has 0 radical (unpaired) electrons. The quantitative estimate of drug-likeness (QED) is 0.645. The highest BCUT2D eigenvalue weighted by Crippen LogP contribution is 2.25. The van der Waals surface area contributed by atoms with E-state index in [1.165, 1.54) is 12.3 Å². The largest absolute Gasteiger partial charge is 0.504 e. The van der Waals surface area contributed by atoms with E-state index in [9.17, 15) is 9.50 Å². The van der Waals surface area contributed by atoms with Crippen molar-refractivity contribution >= 4 is 10.8 Å². The summed E-state index contributed by atoms with van der Waals surface area (Å²) in [6.07, 6.45) is 3.04. The molecule has 0 spiro atoms. The van der Waals surface area contributed by atoms with Crippen LogP contribution >= 0.6 is 0 Å². The van der Waals surface area contributed by atoms with Crippen LogP contribution in [0.3, 0.4) is 0 Å². The van der Waals surface area contributed by atoms with Crippen molar-refractivity contribution in [1.82, 2.24) is 4.98 Å². The topological polar surface area (TPSA) is 33.1 Å². The molecule has 2 aromatic rings. The van der Waals surface area contributed by atoms with E-state index >= 15 is 0 Å². The van der Waals surface area contributed by atoms with Crippen LogP contribution in [0.15, 0.2) is 30.6 Å². The van der Waals surface area contributed by atoms with Crippen LogP contribution in [-0.4, -0.2) is 10.1 Å². The molecule has 0 amide bonds. The van der Waals surface area contributed by atoms with Crippen LogP contribution in [-0.2, 0) is 0 Å². The smallest absolute Gasteiger partial charge is 0.165 e. The first-order valence-corrected chi connectivity index (χ1v) is 3.50. The second-order valence-corrected chi connectivity index (χ2v) is 2.49. The van der Waals surface area contributed by atoms with Gasteiger partial charge in [0.2, 0.25) is 0 Å². The maximum atomic E-state index is 12.8. The monoisotopic (exact) mass is 163 g/mol. The molecule has 0 aliphatic heterocycles. The van der Waals surface area contributed by atoms with Crippen molar-refractivity contribution in [2.24, 2.45) is 0 Å². The number of pyridine rings is 1. The van der Waals surface area contributed by atoms with Gasteiger partial charge in [0.05, 0.1) is 0 Å². The van der Waals surface area contributed by atoms with Gasteiger partial charge < -0.3 is 5.11 Å². The molecule has 1 heterocycles. The zero-order valence-corrected chi connectivity index (χ0v) is 6.16. The van der Waals surface area contributed by atoms with E-state index in [0.717, 1.165) is 5.39 Å². The minimum absolute atomic E-state index is 0.333. The van der Waals surface area contributed by atoms with Crippen molar-refractivity contribution in [2.45, 2.75) is 0 Å². The van der Waals surface area contributed by atoms with Gasteiger partial charge in [0.25, 0.3) is 0 Å². The SMILES string of the molecule is Oc1c(F)ccc2ccncc12. The first-order valence-electron chi connectivity index (χ1n) is 3.50. The van der Waals surface area contributed by atoms with Crippen LogP contribution in [0.4, 0.5) is 4.39 Å². The van der Waals surface area contributed by atoms with Gasteiger partial charge in [-0.2, -0.15) is 0 Å². The fourth-order valence-electron chi connectivity index (χ4n) is 1.12. The van der Waals surface area contributed by atoms with Crippen molar-refractivity contribution < 1.29 is 9.50 Å². The Kier molecular flexibility index (Phi) is 1.43. The summed E-state index contributed by atoms with van der Waals surface area (Å²) in [5.41, 5.74) is 0. The Morgan fingerprint density at radius 2 is 2.08 bits per heavy atom. The summed E-state index contributed by atoms with van der Waals surface area (Å²) < 4.78 is 12.8. The molecule has 2 nitrogen and oxygen atoms in total. The average molecular weight is 163 g/mol. The van der Waals surface area contributed by atoms with Gasteiger partial charge in [-0.25, -0.2) is 4.39 Å². The fourth-order valence-corrected chi connectivity index (χ4v) is 1.12. The standard InChI is InChI=1S/C9H6FNO/c10-8-2-1-6-3-4-11-5-7(6)9(8)12/h1-5,12H. The maximum Gasteiger partial charge on any atom is 0.165 e. The highest BCUT2D eigenvalue weighted by molar-refractivity contribution is 5.87. The Labute approximate surface area is 68.3 Å². The lowest BCUT2D eigenvalue weighted by Gasteiger charge is -1.99. The Hall–Kier alpha value is -1.64. The molecule has 0 unspecified atom stereocenters. The molecule has 1 aromatic carbocycles. The summed E-state index contributed by atoms with van der Waals surface area (Å²) in [4.78, 5) is 3.79. The summed E-state index contributed by atoms with van der Waals surface area (Å²) in [7, 11) is 0. The van der Waals surface area contributed by atoms with Crippen molar-refractivity contribution in [3.8, 4) is 5.75 Å². The summed E-state index contributed by atoms with van der Waals surface area (Å²) in [6.45, 7) is 0. The van der Waals surface area contributed by atoms with Gasteiger partial charge in [-0.1, -0.05) is 6.07 Å². The molecular formula is C9H6FNO.